The Morgan fingerprint density at radius 2 is 1.47 bits per heavy atom. The first-order valence-electron chi connectivity index (χ1n) is 18.8. The summed E-state index contributed by atoms with van der Waals surface area (Å²) in [5.41, 5.74) is 6.83. The number of hydrogen-bond acceptors (Lipinski definition) is 6. The Morgan fingerprint density at radius 1 is 0.837 bits per heavy atom. The fourth-order valence-corrected chi connectivity index (χ4v) is 7.45. The van der Waals surface area contributed by atoms with Gasteiger partial charge in [0.2, 0.25) is 0 Å². The van der Waals surface area contributed by atoms with E-state index in [1.54, 1.807) is 13.0 Å². The zero-order valence-corrected chi connectivity index (χ0v) is 29.9. The van der Waals surface area contributed by atoms with Crippen molar-refractivity contribution in [2.75, 3.05) is 31.7 Å². The van der Waals surface area contributed by atoms with Crippen LogP contribution in [0, 0.1) is 6.92 Å². The van der Waals surface area contributed by atoms with Crippen LogP contribution in [0.1, 0.15) is 128 Å². The highest BCUT2D eigenvalue weighted by Crippen LogP contribution is 2.42. The smallest absolute Gasteiger partial charge is 0.341 e. The van der Waals surface area contributed by atoms with Crippen molar-refractivity contribution < 1.29 is 29.0 Å². The normalized spacial score (nSPS) is 13.9. The zero-order valence-electron chi connectivity index (χ0n) is 29.9. The average Bonchev–Trinajstić information content (AvgIpc) is 3.11. The van der Waals surface area contributed by atoms with Crippen LogP contribution in [0.15, 0.2) is 42.7 Å². The molecule has 264 valence electrons. The molecule has 5 rings (SSSR count). The van der Waals surface area contributed by atoms with Crippen LogP contribution < -0.4 is 14.2 Å². The Labute approximate surface area is 293 Å². The number of phenolic OH excluding ortho intramolecular Hbond substituents is 2. The van der Waals surface area contributed by atoms with E-state index in [0.717, 1.165) is 68.4 Å². The van der Waals surface area contributed by atoms with Crippen molar-refractivity contribution >= 4 is 23.8 Å². The summed E-state index contributed by atoms with van der Waals surface area (Å²) in [5.74, 6) is 0.424. The summed E-state index contributed by atoms with van der Waals surface area (Å²) in [6.45, 7) is 5.68. The highest BCUT2D eigenvalue weighted by molar-refractivity contribution is 5.94. The number of unbranched alkanes of at least 4 members (excludes halogenated alkanes) is 11. The van der Waals surface area contributed by atoms with Gasteiger partial charge < -0.3 is 24.6 Å². The van der Waals surface area contributed by atoms with Gasteiger partial charge in [-0.2, -0.15) is 0 Å². The van der Waals surface area contributed by atoms with E-state index in [1.807, 2.05) is 0 Å². The number of aromatic hydroxyl groups is 2. The number of hydrogen-bond donors (Lipinski definition) is 2. The number of methoxy groups -OCH3 is 1. The number of pyridine rings is 1. The van der Waals surface area contributed by atoms with Crippen LogP contribution in [0.5, 0.6) is 17.2 Å². The van der Waals surface area contributed by atoms with Crippen LogP contribution in [-0.4, -0.2) is 43.0 Å². The van der Waals surface area contributed by atoms with Gasteiger partial charge in [0.15, 0.2) is 12.4 Å². The van der Waals surface area contributed by atoms with Gasteiger partial charge in [-0.1, -0.05) is 69.9 Å². The van der Waals surface area contributed by atoms with Crippen LogP contribution in [0.2, 0.25) is 0 Å². The first kappa shape index (κ1) is 36.3. The Hall–Kier alpha value is -4.00. The fourth-order valence-electron chi connectivity index (χ4n) is 7.45. The van der Waals surface area contributed by atoms with E-state index in [4.69, 9.17) is 9.47 Å². The van der Waals surface area contributed by atoms with Gasteiger partial charge in [0.25, 0.3) is 0 Å². The second-order valence-electron chi connectivity index (χ2n) is 13.9. The molecule has 1 aromatic heterocycles. The predicted octanol–water partition coefficient (Wildman–Crippen LogP) is 9.11. The molecule has 0 unspecified atom stereocenters. The number of ether oxygens (including phenoxy) is 2. The predicted molar refractivity (Wildman–Crippen MR) is 198 cm³/mol. The third-order valence-electron chi connectivity index (χ3n) is 10.2. The maximum absolute atomic E-state index is 11.8. The number of esters is 1. The van der Waals surface area contributed by atoms with Gasteiger partial charge in [0.05, 0.1) is 13.7 Å². The monoisotopic (exact) mass is 669 g/mol. The molecule has 3 heterocycles. The number of carbonyl (C=O) groups is 1. The van der Waals surface area contributed by atoms with E-state index in [0.29, 0.717) is 23.7 Å². The van der Waals surface area contributed by atoms with Crippen molar-refractivity contribution in [3.05, 3.63) is 76.1 Å². The minimum absolute atomic E-state index is 0.101. The van der Waals surface area contributed by atoms with Crippen LogP contribution in [0.25, 0.3) is 12.2 Å². The highest BCUT2D eigenvalue weighted by Gasteiger charge is 2.27. The summed E-state index contributed by atoms with van der Waals surface area (Å²) in [4.78, 5) is 14.2. The largest absolute Gasteiger partial charge is 0.507 e. The van der Waals surface area contributed by atoms with Crippen LogP contribution in [0.3, 0.4) is 0 Å². The molecule has 3 aromatic rings. The van der Waals surface area contributed by atoms with Crippen LogP contribution in [0.4, 0.5) is 5.69 Å². The fraction of sp³-hybridized carbons (Fsp3) is 0.524. The third-order valence-corrected chi connectivity index (χ3v) is 10.2. The molecule has 0 aliphatic carbocycles. The van der Waals surface area contributed by atoms with Crippen LogP contribution >= 0.6 is 0 Å². The highest BCUT2D eigenvalue weighted by atomic mass is 16.5. The molecule has 0 saturated heterocycles. The van der Waals surface area contributed by atoms with Crippen molar-refractivity contribution in [3.8, 4) is 17.2 Å². The van der Waals surface area contributed by atoms with Crippen molar-refractivity contribution in [3.63, 3.8) is 0 Å². The second kappa shape index (κ2) is 18.7. The molecule has 0 spiro atoms. The van der Waals surface area contributed by atoms with Gasteiger partial charge >= 0.3 is 5.97 Å². The molecular formula is C42H57N2O5+. The van der Waals surface area contributed by atoms with Crippen molar-refractivity contribution in [1.82, 2.24) is 0 Å². The zero-order chi connectivity index (χ0) is 34.4. The molecule has 0 amide bonds. The summed E-state index contributed by atoms with van der Waals surface area (Å²) in [6, 6.07) is 9.82. The first-order valence-corrected chi connectivity index (χ1v) is 18.8. The SMILES string of the molecule is COC(=O)c1c(C)cc(OCCCCCCCCCCCCCC[n+]2ccc(C=Cc3cc4c5c(c3O)CCCN5CCC4)cc2)cc1O. The minimum Gasteiger partial charge on any atom is -0.507 e. The van der Waals surface area contributed by atoms with Gasteiger partial charge in [0.1, 0.15) is 29.4 Å². The number of phenols is 2. The molecule has 49 heavy (non-hydrogen) atoms. The molecule has 0 saturated carbocycles. The van der Waals surface area contributed by atoms with Crippen molar-refractivity contribution in [2.45, 2.75) is 116 Å². The van der Waals surface area contributed by atoms with Gasteiger partial charge in [-0.3, -0.25) is 0 Å². The molecule has 0 atom stereocenters. The van der Waals surface area contributed by atoms with E-state index in [9.17, 15) is 15.0 Å². The molecule has 0 bridgehead atoms. The molecule has 2 aliphatic rings. The van der Waals surface area contributed by atoms with Crippen molar-refractivity contribution in [2.24, 2.45) is 0 Å². The van der Waals surface area contributed by atoms with E-state index in [-0.39, 0.29) is 11.3 Å². The molecule has 0 fully saturated rings. The molecule has 7 nitrogen and oxygen atoms in total. The Balaban J connectivity index is 0.869. The van der Waals surface area contributed by atoms with Crippen molar-refractivity contribution in [1.29, 1.82) is 0 Å². The number of carbonyl (C=O) groups excluding carboxylic acids is 1. The molecular weight excluding hydrogens is 612 g/mol. The molecule has 2 N–H and O–H groups in total. The quantitative estimate of drug-likeness (QED) is 0.0753. The number of nitrogens with zero attached hydrogens (tertiary/aromatic N) is 2. The number of benzene rings is 2. The first-order chi connectivity index (χ1) is 23.9. The number of aromatic nitrogens is 1. The maximum Gasteiger partial charge on any atom is 0.341 e. The molecule has 7 heteroatoms. The third kappa shape index (κ3) is 10.3. The summed E-state index contributed by atoms with van der Waals surface area (Å²) in [6.07, 6.45) is 28.1. The van der Waals surface area contributed by atoms with Gasteiger partial charge in [-0.05, 0) is 74.3 Å². The molecule has 2 aliphatic heterocycles. The number of rotatable bonds is 19. The lowest BCUT2D eigenvalue weighted by Gasteiger charge is -2.37. The Morgan fingerprint density at radius 3 is 2.12 bits per heavy atom. The standard InChI is InChI=1S/C42H56N2O5/c1-32-29-36(31-38(45)39(32)42(47)48-2)49-28-14-12-10-8-6-4-3-5-7-9-11-13-23-43-26-21-33(22-27-43)19-20-35-30-34-17-15-24-44-25-16-18-37(40(34)44)41(35)46/h19-22,26-27,29-31H,3-18,23-25,28H2,1-2H3,(H,45,47)/p+1. The lowest BCUT2D eigenvalue weighted by atomic mass is 9.89. The van der Waals surface area contributed by atoms with E-state index >= 15 is 0 Å². The summed E-state index contributed by atoms with van der Waals surface area (Å²) >= 11 is 0. The van der Waals surface area contributed by atoms with Gasteiger partial charge in [0, 0.05) is 54.5 Å². The van der Waals surface area contributed by atoms with E-state index in [2.05, 4.69) is 52.2 Å². The lowest BCUT2D eigenvalue weighted by molar-refractivity contribution is -0.697. The summed E-state index contributed by atoms with van der Waals surface area (Å²) < 4.78 is 12.8. The number of aryl methyl sites for hydroxylation is 3. The van der Waals surface area contributed by atoms with E-state index < -0.39 is 5.97 Å². The van der Waals surface area contributed by atoms with Gasteiger partial charge in [-0.15, -0.1) is 0 Å². The maximum atomic E-state index is 11.8. The minimum atomic E-state index is -0.538. The topological polar surface area (TPSA) is 83.1 Å². The summed E-state index contributed by atoms with van der Waals surface area (Å²) in [7, 11) is 1.31. The Kier molecular flexibility index (Phi) is 13.8. The number of anilines is 1. The summed E-state index contributed by atoms with van der Waals surface area (Å²) in [5, 5.41) is 21.2. The average molecular weight is 670 g/mol. The van der Waals surface area contributed by atoms with Crippen LogP contribution in [-0.2, 0) is 24.1 Å². The van der Waals surface area contributed by atoms with E-state index in [1.165, 1.54) is 95.1 Å². The van der Waals surface area contributed by atoms with Gasteiger partial charge in [-0.25, -0.2) is 9.36 Å². The molecule has 2 aromatic carbocycles. The lowest BCUT2D eigenvalue weighted by Crippen LogP contribution is -2.34. The Bertz CT molecular complexity index is 1520. The second-order valence-corrected chi connectivity index (χ2v) is 13.9. The molecule has 0 radical (unpaired) electrons.